The van der Waals surface area contributed by atoms with E-state index >= 15 is 0 Å². The Kier molecular flexibility index (Phi) is 68.4. The van der Waals surface area contributed by atoms with Crippen molar-refractivity contribution < 1.29 is 80.2 Å². The molecular weight excluding hydrogens is 1270 g/mol. The minimum atomic E-state index is -4.96. The van der Waals surface area contributed by atoms with Crippen LogP contribution in [-0.4, -0.2) is 96.7 Å². The SMILES string of the molecule is CCCCCCCCCCCCCCCCCCCCCCC(=O)O[C@H](COC(=O)CCCCCCCCCCCCC(C)CC)COP(=O)(O)OC[C@@H](O)COP(=O)(O)OC[C@@H](COC(=O)CCCCCCCCCCCCC)OC(=O)CCCCCCCCCCCC(C)C. The fourth-order valence-electron chi connectivity index (χ4n) is 12.0. The Morgan fingerprint density at radius 1 is 0.299 bits per heavy atom. The molecule has 0 aromatic rings. The molecule has 97 heavy (non-hydrogen) atoms. The fourth-order valence-corrected chi connectivity index (χ4v) is 13.6. The molecule has 3 unspecified atom stereocenters. The van der Waals surface area contributed by atoms with Crippen molar-refractivity contribution in [2.45, 2.75) is 426 Å². The number of aliphatic hydroxyl groups excluding tert-OH is 1. The standard InChI is InChI=1S/C78H152O17P2/c1-7-10-12-14-16-18-20-21-22-23-24-25-26-27-28-30-38-44-50-56-62-77(82)94-73(66-89-76(81)61-55-49-43-37-32-31-35-41-47-53-59-71(6)9-3)68-92-96(84,85)90-64-72(79)65-91-97(86,87)93-69-74(67-88-75(80)60-54-48-42-36-29-19-17-15-13-11-8-2)95-78(83)63-57-51-45-39-33-34-40-46-52-58-70(4)5/h70-74,79H,7-69H2,1-6H3,(H,84,85)(H,86,87)/t71?,72-,73-,74-/m1/s1. The summed E-state index contributed by atoms with van der Waals surface area (Å²) < 4.78 is 68.6. The third kappa shape index (κ3) is 70.9. The summed E-state index contributed by atoms with van der Waals surface area (Å²) in [6.07, 6.45) is 58.2. The van der Waals surface area contributed by atoms with Gasteiger partial charge in [-0.2, -0.15) is 0 Å². The zero-order valence-corrected chi connectivity index (χ0v) is 65.2. The molecule has 0 aromatic heterocycles. The molecule has 0 amide bonds. The summed E-state index contributed by atoms with van der Waals surface area (Å²) in [7, 11) is -9.91. The first kappa shape index (κ1) is 95.1. The van der Waals surface area contributed by atoms with Gasteiger partial charge in [0.05, 0.1) is 26.4 Å². The van der Waals surface area contributed by atoms with E-state index < -0.39 is 97.5 Å². The van der Waals surface area contributed by atoms with Crippen molar-refractivity contribution >= 4 is 39.5 Å². The average Bonchev–Trinajstić information content (AvgIpc) is 1.90. The molecule has 0 fully saturated rings. The maximum absolute atomic E-state index is 13.1. The van der Waals surface area contributed by atoms with Gasteiger partial charge in [0.2, 0.25) is 0 Å². The minimum Gasteiger partial charge on any atom is -0.462 e. The van der Waals surface area contributed by atoms with Crippen molar-refractivity contribution in [1.29, 1.82) is 0 Å². The predicted octanol–water partition coefficient (Wildman–Crippen LogP) is 23.1. The zero-order chi connectivity index (χ0) is 71.4. The summed E-state index contributed by atoms with van der Waals surface area (Å²) in [5.41, 5.74) is 0. The first-order valence-electron chi connectivity index (χ1n) is 40.5. The van der Waals surface area contributed by atoms with Crippen molar-refractivity contribution in [3.63, 3.8) is 0 Å². The molecule has 0 saturated carbocycles. The molecule has 0 heterocycles. The highest BCUT2D eigenvalue weighted by atomic mass is 31.2. The number of phosphoric ester groups is 2. The first-order chi connectivity index (χ1) is 46.9. The molecule has 0 saturated heterocycles. The number of hydrogen-bond acceptors (Lipinski definition) is 15. The lowest BCUT2D eigenvalue weighted by Gasteiger charge is -2.21. The largest absolute Gasteiger partial charge is 0.472 e. The second kappa shape index (κ2) is 69.8. The fraction of sp³-hybridized carbons (Fsp3) is 0.949. The maximum Gasteiger partial charge on any atom is 0.472 e. The molecule has 0 aliphatic heterocycles. The molecule has 0 bridgehead atoms. The summed E-state index contributed by atoms with van der Waals surface area (Å²) in [4.78, 5) is 72.9. The molecule has 3 N–H and O–H groups in total. The lowest BCUT2D eigenvalue weighted by atomic mass is 9.99. The number of esters is 4. The molecule has 0 spiro atoms. The van der Waals surface area contributed by atoms with Crippen molar-refractivity contribution in [3.05, 3.63) is 0 Å². The van der Waals surface area contributed by atoms with E-state index in [1.807, 2.05) is 0 Å². The van der Waals surface area contributed by atoms with Gasteiger partial charge in [-0.1, -0.05) is 356 Å². The van der Waals surface area contributed by atoms with Crippen LogP contribution in [0.15, 0.2) is 0 Å². The van der Waals surface area contributed by atoms with Crippen molar-refractivity contribution in [2.75, 3.05) is 39.6 Å². The molecule has 0 aliphatic rings. The van der Waals surface area contributed by atoms with E-state index in [9.17, 15) is 43.2 Å². The number of carbonyl (C=O) groups excluding carboxylic acids is 4. The summed E-state index contributed by atoms with van der Waals surface area (Å²) >= 11 is 0. The van der Waals surface area contributed by atoms with E-state index in [1.54, 1.807) is 0 Å². The van der Waals surface area contributed by atoms with E-state index in [1.165, 1.54) is 225 Å². The monoisotopic (exact) mass is 1420 g/mol. The highest BCUT2D eigenvalue weighted by molar-refractivity contribution is 7.47. The van der Waals surface area contributed by atoms with E-state index in [0.29, 0.717) is 25.7 Å². The molecular formula is C78H152O17P2. The van der Waals surface area contributed by atoms with Gasteiger partial charge in [-0.15, -0.1) is 0 Å². The summed E-state index contributed by atoms with van der Waals surface area (Å²) in [6.45, 7) is 9.61. The molecule has 0 radical (unpaired) electrons. The van der Waals surface area contributed by atoms with Crippen LogP contribution in [0.4, 0.5) is 0 Å². The Bertz CT molecular complexity index is 1870. The van der Waals surface area contributed by atoms with E-state index in [-0.39, 0.29) is 25.7 Å². The number of unbranched alkanes of at least 4 members (excludes halogenated alkanes) is 46. The van der Waals surface area contributed by atoms with Gasteiger partial charge in [0, 0.05) is 25.7 Å². The van der Waals surface area contributed by atoms with Crippen LogP contribution in [0.1, 0.15) is 408 Å². The van der Waals surface area contributed by atoms with Crippen LogP contribution < -0.4 is 0 Å². The van der Waals surface area contributed by atoms with Gasteiger partial charge in [-0.3, -0.25) is 37.3 Å². The smallest absolute Gasteiger partial charge is 0.462 e. The number of aliphatic hydroxyl groups is 1. The lowest BCUT2D eigenvalue weighted by Crippen LogP contribution is -2.30. The van der Waals surface area contributed by atoms with Crippen LogP contribution in [0.5, 0.6) is 0 Å². The third-order valence-electron chi connectivity index (χ3n) is 18.6. The number of phosphoric acid groups is 2. The van der Waals surface area contributed by atoms with Crippen LogP contribution in [0.3, 0.4) is 0 Å². The Morgan fingerprint density at radius 3 is 0.784 bits per heavy atom. The predicted molar refractivity (Wildman–Crippen MR) is 395 cm³/mol. The van der Waals surface area contributed by atoms with Crippen LogP contribution in [0.2, 0.25) is 0 Å². The van der Waals surface area contributed by atoms with Crippen molar-refractivity contribution in [1.82, 2.24) is 0 Å². The Morgan fingerprint density at radius 2 is 0.526 bits per heavy atom. The zero-order valence-electron chi connectivity index (χ0n) is 63.4. The highest BCUT2D eigenvalue weighted by Crippen LogP contribution is 2.45. The van der Waals surface area contributed by atoms with Gasteiger partial charge < -0.3 is 33.8 Å². The van der Waals surface area contributed by atoms with Crippen LogP contribution >= 0.6 is 15.6 Å². The van der Waals surface area contributed by atoms with Crippen LogP contribution in [0, 0.1) is 11.8 Å². The summed E-state index contributed by atoms with van der Waals surface area (Å²) in [6, 6.07) is 0. The molecule has 19 heteroatoms. The molecule has 6 atom stereocenters. The second-order valence-corrected chi connectivity index (χ2v) is 31.7. The van der Waals surface area contributed by atoms with Gasteiger partial charge in [0.15, 0.2) is 12.2 Å². The van der Waals surface area contributed by atoms with Gasteiger partial charge >= 0.3 is 39.5 Å². The number of rotatable bonds is 77. The van der Waals surface area contributed by atoms with E-state index in [0.717, 1.165) is 102 Å². The van der Waals surface area contributed by atoms with Gasteiger partial charge in [-0.05, 0) is 37.5 Å². The van der Waals surface area contributed by atoms with E-state index in [2.05, 4.69) is 41.5 Å². The van der Waals surface area contributed by atoms with Crippen molar-refractivity contribution in [2.24, 2.45) is 11.8 Å². The van der Waals surface area contributed by atoms with Gasteiger partial charge in [0.25, 0.3) is 0 Å². The van der Waals surface area contributed by atoms with Crippen LogP contribution in [-0.2, 0) is 65.4 Å². The Labute approximate surface area is 594 Å². The molecule has 576 valence electrons. The number of carbonyl (C=O) groups is 4. The first-order valence-corrected chi connectivity index (χ1v) is 43.5. The van der Waals surface area contributed by atoms with Crippen LogP contribution in [0.25, 0.3) is 0 Å². The molecule has 0 rings (SSSR count). The van der Waals surface area contributed by atoms with Gasteiger partial charge in [-0.25, -0.2) is 9.13 Å². The Hall–Kier alpha value is -1.94. The number of hydrogen-bond donors (Lipinski definition) is 3. The highest BCUT2D eigenvalue weighted by Gasteiger charge is 2.30. The average molecular weight is 1420 g/mol. The number of ether oxygens (including phenoxy) is 4. The lowest BCUT2D eigenvalue weighted by molar-refractivity contribution is -0.161. The summed E-state index contributed by atoms with van der Waals surface area (Å²) in [5.74, 6) is -0.567. The second-order valence-electron chi connectivity index (χ2n) is 28.8. The summed E-state index contributed by atoms with van der Waals surface area (Å²) in [5, 5.41) is 10.6. The molecule has 0 aromatic carbocycles. The maximum atomic E-state index is 13.1. The van der Waals surface area contributed by atoms with Crippen molar-refractivity contribution in [3.8, 4) is 0 Å². The third-order valence-corrected chi connectivity index (χ3v) is 20.5. The minimum absolute atomic E-state index is 0.106. The Balaban J connectivity index is 5.23. The topological polar surface area (TPSA) is 237 Å². The van der Waals surface area contributed by atoms with Gasteiger partial charge in [0.1, 0.15) is 19.3 Å². The quantitative estimate of drug-likeness (QED) is 0.0222. The van der Waals surface area contributed by atoms with E-state index in [4.69, 9.17) is 37.0 Å². The molecule has 0 aliphatic carbocycles. The normalized spacial score (nSPS) is 14.2. The molecule has 17 nitrogen and oxygen atoms in total.